The van der Waals surface area contributed by atoms with E-state index in [0.717, 1.165) is 77.7 Å². The van der Waals surface area contributed by atoms with Gasteiger partial charge in [-0.15, -0.1) is 0 Å². The van der Waals surface area contributed by atoms with E-state index in [1.165, 1.54) is 89.9 Å². The summed E-state index contributed by atoms with van der Waals surface area (Å²) in [6.07, 6.45) is 47.4. The van der Waals surface area contributed by atoms with Crippen LogP contribution < -0.4 is 0 Å². The SMILES string of the molecule is CC/C=C\C/C=C\C/C=C\C/C=C\CCCCCCCCCCCCC(=O)OC(COC(=O)CCCCCCCCCCCCC)COP(=O)(O)OC. The average Bonchev–Trinajstić information content (AvgIpc) is 3.15. The van der Waals surface area contributed by atoms with Crippen LogP contribution in [0.15, 0.2) is 48.6 Å². The largest absolute Gasteiger partial charge is 0.472 e. The molecule has 8 nitrogen and oxygen atoms in total. The van der Waals surface area contributed by atoms with Crippen LogP contribution in [0.1, 0.15) is 194 Å². The van der Waals surface area contributed by atoms with Crippen LogP contribution in [0, 0.1) is 0 Å². The first-order chi connectivity index (χ1) is 25.8. The zero-order valence-electron chi connectivity index (χ0n) is 34.2. The molecule has 0 aliphatic carbocycles. The molecule has 0 rings (SSSR count). The van der Waals surface area contributed by atoms with E-state index in [2.05, 4.69) is 67.0 Å². The van der Waals surface area contributed by atoms with E-state index in [0.29, 0.717) is 12.8 Å². The second-order valence-corrected chi connectivity index (χ2v) is 15.7. The predicted octanol–water partition coefficient (Wildman–Crippen LogP) is 13.4. The van der Waals surface area contributed by atoms with Gasteiger partial charge in [-0.1, -0.05) is 178 Å². The number of esters is 2. The number of carbonyl (C=O) groups is 2. The Hall–Kier alpha value is -1.99. The average molecular weight is 767 g/mol. The molecule has 0 aromatic heterocycles. The van der Waals surface area contributed by atoms with Gasteiger partial charge in [-0.2, -0.15) is 0 Å². The molecule has 308 valence electrons. The normalized spacial score (nSPS) is 13.8. The van der Waals surface area contributed by atoms with E-state index in [1.807, 2.05) is 0 Å². The Bertz CT molecular complexity index is 1010. The molecule has 0 aliphatic heterocycles. The van der Waals surface area contributed by atoms with Gasteiger partial charge < -0.3 is 14.4 Å². The third-order valence-corrected chi connectivity index (χ3v) is 10.0. The fourth-order valence-corrected chi connectivity index (χ4v) is 6.29. The number of rotatable bonds is 39. The first kappa shape index (κ1) is 51.0. The topological polar surface area (TPSA) is 108 Å². The highest BCUT2D eigenvalue weighted by molar-refractivity contribution is 7.47. The van der Waals surface area contributed by atoms with Gasteiger partial charge in [-0.05, 0) is 51.4 Å². The van der Waals surface area contributed by atoms with Crippen molar-refractivity contribution in [2.45, 2.75) is 200 Å². The van der Waals surface area contributed by atoms with Gasteiger partial charge in [0.1, 0.15) is 6.61 Å². The summed E-state index contributed by atoms with van der Waals surface area (Å²) in [5.41, 5.74) is 0. The molecule has 0 saturated carbocycles. The summed E-state index contributed by atoms with van der Waals surface area (Å²) < 4.78 is 31.9. The fraction of sp³-hybridized carbons (Fsp3) is 0.773. The molecular weight excluding hydrogens is 687 g/mol. The number of phosphoric acid groups is 1. The van der Waals surface area contributed by atoms with E-state index in [-0.39, 0.29) is 19.0 Å². The molecule has 1 N–H and O–H groups in total. The minimum Gasteiger partial charge on any atom is -0.462 e. The summed E-state index contributed by atoms with van der Waals surface area (Å²) in [5, 5.41) is 0. The van der Waals surface area contributed by atoms with E-state index in [9.17, 15) is 19.0 Å². The fourth-order valence-electron chi connectivity index (χ4n) is 5.83. The zero-order chi connectivity index (χ0) is 38.9. The lowest BCUT2D eigenvalue weighted by molar-refractivity contribution is -0.161. The molecule has 0 aromatic carbocycles. The van der Waals surface area contributed by atoms with Crippen LogP contribution in [0.5, 0.6) is 0 Å². The van der Waals surface area contributed by atoms with E-state index in [1.54, 1.807) is 0 Å². The molecule has 0 amide bonds. The molecule has 53 heavy (non-hydrogen) atoms. The molecule has 0 aromatic rings. The Morgan fingerprint density at radius 1 is 0.547 bits per heavy atom. The van der Waals surface area contributed by atoms with Crippen LogP contribution in [0.3, 0.4) is 0 Å². The molecule has 9 heteroatoms. The molecular formula is C44H79O8P. The molecule has 0 bridgehead atoms. The minimum atomic E-state index is -4.26. The third kappa shape index (κ3) is 39.5. The number of hydrogen-bond acceptors (Lipinski definition) is 7. The summed E-state index contributed by atoms with van der Waals surface area (Å²) in [6, 6.07) is 0. The van der Waals surface area contributed by atoms with E-state index >= 15 is 0 Å². The van der Waals surface area contributed by atoms with Crippen LogP contribution in [-0.2, 0) is 32.7 Å². The van der Waals surface area contributed by atoms with Crippen molar-refractivity contribution < 1.29 is 37.6 Å². The van der Waals surface area contributed by atoms with Gasteiger partial charge in [0.15, 0.2) is 6.10 Å². The smallest absolute Gasteiger partial charge is 0.462 e. The lowest BCUT2D eigenvalue weighted by atomic mass is 10.0. The first-order valence-electron chi connectivity index (χ1n) is 21.3. The Kier molecular flexibility index (Phi) is 38.2. The Balaban J connectivity index is 3.95. The van der Waals surface area contributed by atoms with Crippen molar-refractivity contribution in [3.8, 4) is 0 Å². The summed E-state index contributed by atoms with van der Waals surface area (Å²) in [4.78, 5) is 34.4. The van der Waals surface area contributed by atoms with Gasteiger partial charge in [0.05, 0.1) is 6.61 Å². The van der Waals surface area contributed by atoms with Gasteiger partial charge >= 0.3 is 19.8 Å². The Labute approximate surface area is 325 Å². The zero-order valence-corrected chi connectivity index (χ0v) is 35.1. The molecule has 2 atom stereocenters. The van der Waals surface area contributed by atoms with Gasteiger partial charge in [0, 0.05) is 20.0 Å². The number of carbonyl (C=O) groups excluding carboxylic acids is 2. The Morgan fingerprint density at radius 3 is 1.43 bits per heavy atom. The highest BCUT2D eigenvalue weighted by Gasteiger charge is 2.24. The highest BCUT2D eigenvalue weighted by Crippen LogP contribution is 2.42. The summed E-state index contributed by atoms with van der Waals surface area (Å²) >= 11 is 0. The van der Waals surface area contributed by atoms with Crippen LogP contribution in [0.2, 0.25) is 0 Å². The minimum absolute atomic E-state index is 0.225. The number of allylic oxidation sites excluding steroid dienone is 8. The molecule has 0 heterocycles. The van der Waals surface area contributed by atoms with Gasteiger partial charge in [0.25, 0.3) is 0 Å². The molecule has 0 radical (unpaired) electrons. The van der Waals surface area contributed by atoms with Gasteiger partial charge in [0.2, 0.25) is 0 Å². The van der Waals surface area contributed by atoms with Crippen molar-refractivity contribution in [1.29, 1.82) is 0 Å². The molecule has 0 fully saturated rings. The third-order valence-electron chi connectivity index (χ3n) is 9.09. The van der Waals surface area contributed by atoms with Crippen LogP contribution in [-0.4, -0.2) is 43.3 Å². The maximum absolute atomic E-state index is 12.5. The van der Waals surface area contributed by atoms with Gasteiger partial charge in [-0.3, -0.25) is 18.6 Å². The van der Waals surface area contributed by atoms with Crippen LogP contribution >= 0.6 is 7.82 Å². The number of unbranched alkanes of at least 4 members (excludes halogenated alkanes) is 20. The van der Waals surface area contributed by atoms with Crippen LogP contribution in [0.4, 0.5) is 0 Å². The lowest BCUT2D eigenvalue weighted by Gasteiger charge is -2.19. The number of phosphoric ester groups is 1. The van der Waals surface area contributed by atoms with E-state index in [4.69, 9.17) is 14.0 Å². The molecule has 0 saturated heterocycles. The van der Waals surface area contributed by atoms with Crippen LogP contribution in [0.25, 0.3) is 0 Å². The number of hydrogen-bond donors (Lipinski definition) is 1. The van der Waals surface area contributed by atoms with E-state index < -0.39 is 26.5 Å². The van der Waals surface area contributed by atoms with Crippen molar-refractivity contribution in [3.05, 3.63) is 48.6 Å². The maximum Gasteiger partial charge on any atom is 0.472 e. The number of ether oxygens (including phenoxy) is 2. The maximum atomic E-state index is 12.5. The quantitative estimate of drug-likeness (QED) is 0.0285. The van der Waals surface area contributed by atoms with Crippen molar-refractivity contribution in [2.24, 2.45) is 0 Å². The summed E-state index contributed by atoms with van der Waals surface area (Å²) in [5.74, 6) is -0.807. The molecule has 0 spiro atoms. The van der Waals surface area contributed by atoms with Crippen molar-refractivity contribution in [1.82, 2.24) is 0 Å². The lowest BCUT2D eigenvalue weighted by Crippen LogP contribution is -2.29. The summed E-state index contributed by atoms with van der Waals surface area (Å²) in [7, 11) is -3.20. The van der Waals surface area contributed by atoms with Crippen molar-refractivity contribution in [3.63, 3.8) is 0 Å². The Morgan fingerprint density at radius 2 is 0.962 bits per heavy atom. The highest BCUT2D eigenvalue weighted by atomic mass is 31.2. The second-order valence-electron chi connectivity index (χ2n) is 14.1. The van der Waals surface area contributed by atoms with Crippen molar-refractivity contribution >= 4 is 19.8 Å². The van der Waals surface area contributed by atoms with Crippen molar-refractivity contribution in [2.75, 3.05) is 20.3 Å². The first-order valence-corrected chi connectivity index (χ1v) is 22.8. The summed E-state index contributed by atoms with van der Waals surface area (Å²) in [6.45, 7) is 3.76. The standard InChI is InChI=1S/C44H79O8P/c1-4-6-8-10-12-14-16-17-18-19-20-21-22-23-24-25-26-27-29-31-33-35-37-39-44(46)52-42(41-51-53(47,48)49-3)40-50-43(45)38-36-34-32-30-28-15-13-11-9-7-5-2/h6,8,12,14,17-18,20-21,42H,4-5,7,9-11,13,15-16,19,22-41H2,1-3H3,(H,47,48)/b8-6-,14-12-,18-17-,21-20-. The monoisotopic (exact) mass is 767 g/mol. The predicted molar refractivity (Wildman–Crippen MR) is 221 cm³/mol. The molecule has 0 aliphatic rings. The molecule has 2 unspecified atom stereocenters. The second kappa shape index (κ2) is 39.7. The van der Waals surface area contributed by atoms with Gasteiger partial charge in [-0.25, -0.2) is 4.57 Å².